The molecule has 1 heteroatoms. The SMILES string of the molecule is CC1=C(c2ccccc2)c2ccccc2C1=O. The molecule has 0 atom stereocenters. The van der Waals surface area contributed by atoms with Crippen LogP contribution in [-0.4, -0.2) is 5.78 Å². The number of carbonyl (C=O) groups excluding carboxylic acids is 1. The third-order valence-electron chi connectivity index (χ3n) is 3.22. The van der Waals surface area contributed by atoms with E-state index in [0.29, 0.717) is 0 Å². The molecule has 0 amide bonds. The van der Waals surface area contributed by atoms with Crippen molar-refractivity contribution < 1.29 is 4.79 Å². The molecule has 2 aromatic carbocycles. The normalized spacial score (nSPS) is 14.1. The summed E-state index contributed by atoms with van der Waals surface area (Å²) in [5.74, 6) is 0.152. The summed E-state index contributed by atoms with van der Waals surface area (Å²) in [5, 5.41) is 0. The molecule has 0 fully saturated rings. The van der Waals surface area contributed by atoms with Crippen molar-refractivity contribution in [3.63, 3.8) is 0 Å². The summed E-state index contributed by atoms with van der Waals surface area (Å²) >= 11 is 0. The van der Waals surface area contributed by atoms with E-state index in [1.165, 1.54) is 0 Å². The Balaban J connectivity index is 2.27. The monoisotopic (exact) mass is 220 g/mol. The molecule has 17 heavy (non-hydrogen) atoms. The zero-order valence-electron chi connectivity index (χ0n) is 9.60. The van der Waals surface area contributed by atoms with Gasteiger partial charge in [0.15, 0.2) is 5.78 Å². The molecule has 0 saturated carbocycles. The van der Waals surface area contributed by atoms with E-state index in [1.54, 1.807) is 0 Å². The Morgan fingerprint density at radius 3 is 2.06 bits per heavy atom. The highest BCUT2D eigenvalue weighted by molar-refractivity contribution is 6.22. The fourth-order valence-electron chi connectivity index (χ4n) is 2.39. The van der Waals surface area contributed by atoms with Gasteiger partial charge in [0, 0.05) is 11.1 Å². The molecule has 0 unspecified atom stereocenters. The molecule has 0 aliphatic heterocycles. The van der Waals surface area contributed by atoms with Crippen molar-refractivity contribution in [2.75, 3.05) is 0 Å². The van der Waals surface area contributed by atoms with Gasteiger partial charge in [-0.2, -0.15) is 0 Å². The van der Waals surface area contributed by atoms with Crippen molar-refractivity contribution >= 4 is 11.4 Å². The summed E-state index contributed by atoms with van der Waals surface area (Å²) in [5.41, 5.74) is 4.91. The zero-order chi connectivity index (χ0) is 11.8. The number of fused-ring (bicyclic) bond motifs is 1. The minimum Gasteiger partial charge on any atom is -0.289 e. The minimum atomic E-state index is 0.152. The maximum Gasteiger partial charge on any atom is 0.189 e. The molecule has 0 saturated heterocycles. The molecule has 1 aliphatic rings. The molecule has 1 nitrogen and oxygen atoms in total. The average Bonchev–Trinajstić information content (AvgIpc) is 2.64. The van der Waals surface area contributed by atoms with Gasteiger partial charge in [0.05, 0.1) is 0 Å². The molecule has 2 aromatic rings. The Morgan fingerprint density at radius 1 is 0.765 bits per heavy atom. The van der Waals surface area contributed by atoms with Gasteiger partial charge >= 0.3 is 0 Å². The molecule has 0 N–H and O–H groups in total. The summed E-state index contributed by atoms with van der Waals surface area (Å²) < 4.78 is 0. The van der Waals surface area contributed by atoms with E-state index in [2.05, 4.69) is 0 Å². The molecule has 1 aliphatic carbocycles. The highest BCUT2D eigenvalue weighted by atomic mass is 16.1. The zero-order valence-corrected chi connectivity index (χ0v) is 9.60. The van der Waals surface area contributed by atoms with E-state index in [1.807, 2.05) is 61.5 Å². The summed E-state index contributed by atoms with van der Waals surface area (Å²) in [7, 11) is 0. The largest absolute Gasteiger partial charge is 0.289 e. The van der Waals surface area contributed by atoms with Gasteiger partial charge in [0.1, 0.15) is 0 Å². The second-order valence-corrected chi connectivity index (χ2v) is 4.24. The fraction of sp³-hybridized carbons (Fsp3) is 0.0625. The molecule has 0 bridgehead atoms. The van der Waals surface area contributed by atoms with Crippen LogP contribution in [0.5, 0.6) is 0 Å². The van der Waals surface area contributed by atoms with Crippen molar-refractivity contribution in [3.8, 4) is 0 Å². The van der Waals surface area contributed by atoms with Crippen LogP contribution < -0.4 is 0 Å². The van der Waals surface area contributed by atoms with Crippen LogP contribution in [-0.2, 0) is 0 Å². The first-order chi connectivity index (χ1) is 8.29. The van der Waals surface area contributed by atoms with E-state index >= 15 is 0 Å². The first-order valence-corrected chi connectivity index (χ1v) is 5.69. The molecular weight excluding hydrogens is 208 g/mol. The molecule has 3 rings (SSSR count). The Kier molecular flexibility index (Phi) is 2.19. The van der Waals surface area contributed by atoms with Crippen LogP contribution in [0.4, 0.5) is 0 Å². The number of benzene rings is 2. The van der Waals surface area contributed by atoms with Crippen LogP contribution in [0.15, 0.2) is 60.2 Å². The first kappa shape index (κ1) is 10.0. The van der Waals surface area contributed by atoms with Gasteiger partial charge in [0.2, 0.25) is 0 Å². The highest BCUT2D eigenvalue weighted by Crippen LogP contribution is 2.36. The molecular formula is C16H12O. The quantitative estimate of drug-likeness (QED) is 0.716. The average molecular weight is 220 g/mol. The van der Waals surface area contributed by atoms with Crippen LogP contribution in [0.1, 0.15) is 28.4 Å². The highest BCUT2D eigenvalue weighted by Gasteiger charge is 2.26. The molecule has 0 radical (unpaired) electrons. The summed E-state index contributed by atoms with van der Waals surface area (Å²) in [6, 6.07) is 17.9. The van der Waals surface area contributed by atoms with Gasteiger partial charge in [0.25, 0.3) is 0 Å². The standard InChI is InChI=1S/C16H12O/c1-11-15(12-7-3-2-4-8-12)13-9-5-6-10-14(13)16(11)17/h2-10H,1H3. The van der Waals surface area contributed by atoms with Gasteiger partial charge in [-0.1, -0.05) is 54.6 Å². The topological polar surface area (TPSA) is 17.1 Å². The third kappa shape index (κ3) is 1.43. The van der Waals surface area contributed by atoms with E-state index in [9.17, 15) is 4.79 Å². The molecule has 0 aromatic heterocycles. The summed E-state index contributed by atoms with van der Waals surface area (Å²) in [4.78, 5) is 12.1. The second-order valence-electron chi connectivity index (χ2n) is 4.24. The first-order valence-electron chi connectivity index (χ1n) is 5.69. The van der Waals surface area contributed by atoms with E-state index < -0.39 is 0 Å². The maximum absolute atomic E-state index is 12.1. The predicted molar refractivity (Wildman–Crippen MR) is 68.9 cm³/mol. The van der Waals surface area contributed by atoms with Crippen molar-refractivity contribution in [2.45, 2.75) is 6.92 Å². The van der Waals surface area contributed by atoms with Gasteiger partial charge in [-0.05, 0) is 23.6 Å². The van der Waals surface area contributed by atoms with Gasteiger partial charge in [-0.3, -0.25) is 4.79 Å². The maximum atomic E-state index is 12.1. The van der Waals surface area contributed by atoms with Crippen LogP contribution in [0, 0.1) is 0 Å². The Bertz CT molecular complexity index is 621. The molecule has 0 heterocycles. The van der Waals surface area contributed by atoms with Crippen molar-refractivity contribution in [1.29, 1.82) is 0 Å². The number of rotatable bonds is 1. The Labute approximate surface area is 100 Å². The van der Waals surface area contributed by atoms with Crippen molar-refractivity contribution in [2.24, 2.45) is 0 Å². The lowest BCUT2D eigenvalue weighted by Crippen LogP contribution is -1.94. The smallest absolute Gasteiger partial charge is 0.189 e. The van der Waals surface area contributed by atoms with E-state index in [4.69, 9.17) is 0 Å². The van der Waals surface area contributed by atoms with Crippen LogP contribution in [0.3, 0.4) is 0 Å². The number of ketones is 1. The van der Waals surface area contributed by atoms with Crippen molar-refractivity contribution in [1.82, 2.24) is 0 Å². The van der Waals surface area contributed by atoms with E-state index in [-0.39, 0.29) is 5.78 Å². The lowest BCUT2D eigenvalue weighted by atomic mass is 9.98. The molecule has 0 spiro atoms. The number of hydrogen-bond donors (Lipinski definition) is 0. The lowest BCUT2D eigenvalue weighted by molar-refractivity contribution is 0.103. The van der Waals surface area contributed by atoms with Crippen LogP contribution >= 0.6 is 0 Å². The van der Waals surface area contributed by atoms with Crippen molar-refractivity contribution in [3.05, 3.63) is 76.9 Å². The second kappa shape index (κ2) is 3.70. The van der Waals surface area contributed by atoms with Gasteiger partial charge < -0.3 is 0 Å². The van der Waals surface area contributed by atoms with Gasteiger partial charge in [-0.15, -0.1) is 0 Å². The molecule has 82 valence electrons. The predicted octanol–water partition coefficient (Wildman–Crippen LogP) is 3.70. The number of hydrogen-bond acceptors (Lipinski definition) is 1. The lowest BCUT2D eigenvalue weighted by Gasteiger charge is -2.05. The third-order valence-corrected chi connectivity index (χ3v) is 3.22. The Hall–Kier alpha value is -2.15. The van der Waals surface area contributed by atoms with Gasteiger partial charge in [-0.25, -0.2) is 0 Å². The fourth-order valence-corrected chi connectivity index (χ4v) is 2.39. The van der Waals surface area contributed by atoms with Crippen LogP contribution in [0.25, 0.3) is 5.57 Å². The minimum absolute atomic E-state index is 0.152. The summed E-state index contributed by atoms with van der Waals surface area (Å²) in [6.07, 6.45) is 0. The summed E-state index contributed by atoms with van der Waals surface area (Å²) in [6.45, 7) is 1.91. The number of Topliss-reactive ketones (excluding diaryl/α,β-unsaturated/α-hetero) is 1. The number of allylic oxidation sites excluding steroid dienone is 1. The number of carbonyl (C=O) groups is 1. The Morgan fingerprint density at radius 2 is 1.35 bits per heavy atom. The van der Waals surface area contributed by atoms with E-state index in [0.717, 1.165) is 27.8 Å². The van der Waals surface area contributed by atoms with Crippen LogP contribution in [0.2, 0.25) is 0 Å².